The number of carbonyl (C=O) groups is 1. The highest BCUT2D eigenvalue weighted by Gasteiger charge is 2.43. The zero-order valence-electron chi connectivity index (χ0n) is 16.5. The lowest BCUT2D eigenvalue weighted by Crippen LogP contribution is -2.47. The number of carbonyl (C=O) groups excluding carboxylic acids is 1. The highest BCUT2D eigenvalue weighted by molar-refractivity contribution is 5.73. The van der Waals surface area contributed by atoms with Crippen LogP contribution in [0.3, 0.4) is 0 Å². The van der Waals surface area contributed by atoms with Crippen molar-refractivity contribution >= 4 is 5.91 Å². The number of fused-ring (bicyclic) bond motifs is 4. The van der Waals surface area contributed by atoms with Crippen LogP contribution in [-0.2, 0) is 10.2 Å². The highest BCUT2D eigenvalue weighted by atomic mass is 16.1. The Morgan fingerprint density at radius 2 is 1.96 bits per heavy atom. The number of hydrogen-bond donors (Lipinski definition) is 1. The first-order valence-corrected chi connectivity index (χ1v) is 10.9. The molecular weight excluding hydrogens is 332 g/mol. The smallest absolute Gasteiger partial charge is 0.217 e. The van der Waals surface area contributed by atoms with Gasteiger partial charge in [-0.3, -0.25) is 4.79 Å². The van der Waals surface area contributed by atoms with Crippen molar-refractivity contribution in [3.05, 3.63) is 47.5 Å². The van der Waals surface area contributed by atoms with E-state index in [1.807, 2.05) is 0 Å². The number of benzene rings is 1. The first-order chi connectivity index (χ1) is 13.1. The summed E-state index contributed by atoms with van der Waals surface area (Å²) < 4.78 is 0. The second-order valence-electron chi connectivity index (χ2n) is 9.50. The lowest BCUT2D eigenvalue weighted by Gasteiger charge is -2.48. The molecule has 1 N–H and O–H groups in total. The molecule has 1 saturated heterocycles. The van der Waals surface area contributed by atoms with Crippen molar-refractivity contribution in [1.29, 1.82) is 0 Å². The summed E-state index contributed by atoms with van der Waals surface area (Å²) in [6, 6.07) is 9.09. The van der Waals surface area contributed by atoms with Crippen LogP contribution >= 0.6 is 0 Å². The summed E-state index contributed by atoms with van der Waals surface area (Å²) in [5.41, 5.74) is 3.21. The number of nitrogens with zero attached hydrogens (tertiary/aromatic N) is 1. The van der Waals surface area contributed by atoms with Gasteiger partial charge < -0.3 is 10.2 Å². The summed E-state index contributed by atoms with van der Waals surface area (Å²) >= 11 is 0. The van der Waals surface area contributed by atoms with Gasteiger partial charge in [0, 0.05) is 13.5 Å². The third-order valence-corrected chi connectivity index (χ3v) is 7.92. The molecule has 1 aliphatic heterocycles. The zero-order valence-corrected chi connectivity index (χ0v) is 16.5. The molecule has 2 bridgehead atoms. The minimum atomic E-state index is 0.0838. The Labute approximate surface area is 163 Å². The molecule has 3 nitrogen and oxygen atoms in total. The van der Waals surface area contributed by atoms with Crippen LogP contribution < -0.4 is 5.32 Å². The van der Waals surface area contributed by atoms with Crippen LogP contribution in [0.4, 0.5) is 0 Å². The number of nitrogens with one attached hydrogen (secondary N) is 1. The van der Waals surface area contributed by atoms with Gasteiger partial charge in [-0.05, 0) is 85.9 Å². The van der Waals surface area contributed by atoms with E-state index in [9.17, 15) is 4.79 Å². The molecule has 1 amide bonds. The standard InChI is InChI=1S/C24H32N2O/c1-17(27)25-23-8-9-24(22-5-3-2-4-21(22)23)10-12-26(13-11-24)16-20-15-18-6-7-19(20)14-18/h2-7,18-20,23H,8-16H2,1H3,(H,25,27)/t18-,19-,20-,23-/m0/s1. The molecule has 5 rings (SSSR count). The molecule has 27 heavy (non-hydrogen) atoms. The van der Waals surface area contributed by atoms with Crippen molar-refractivity contribution in [2.45, 2.75) is 56.9 Å². The molecule has 4 atom stereocenters. The van der Waals surface area contributed by atoms with E-state index in [4.69, 9.17) is 0 Å². The van der Waals surface area contributed by atoms with Crippen LogP contribution in [0, 0.1) is 17.8 Å². The predicted molar refractivity (Wildman–Crippen MR) is 108 cm³/mol. The summed E-state index contributed by atoms with van der Waals surface area (Å²) in [5, 5.41) is 3.18. The fraction of sp³-hybridized carbons (Fsp3) is 0.625. The van der Waals surface area contributed by atoms with Crippen molar-refractivity contribution < 1.29 is 4.79 Å². The van der Waals surface area contributed by atoms with Crippen LogP contribution in [0.5, 0.6) is 0 Å². The zero-order chi connectivity index (χ0) is 18.4. The van der Waals surface area contributed by atoms with Crippen molar-refractivity contribution in [3.8, 4) is 0 Å². The summed E-state index contributed by atoms with van der Waals surface area (Å²) in [6.45, 7) is 5.40. The molecule has 1 heterocycles. The van der Waals surface area contributed by atoms with Crippen LogP contribution in [0.2, 0.25) is 0 Å². The molecule has 0 aromatic heterocycles. The maximum atomic E-state index is 11.6. The van der Waals surface area contributed by atoms with Crippen LogP contribution in [0.15, 0.2) is 36.4 Å². The van der Waals surface area contributed by atoms with Gasteiger partial charge in [0.25, 0.3) is 0 Å². The SMILES string of the molecule is CC(=O)N[C@H]1CCC2(CCN(C[C@@H]3C[C@H]4C=C[C@H]3C4)CC2)c2ccccc21. The third-order valence-electron chi connectivity index (χ3n) is 7.92. The maximum absolute atomic E-state index is 11.6. The Bertz CT molecular complexity index is 747. The van der Waals surface area contributed by atoms with Crippen molar-refractivity contribution in [1.82, 2.24) is 10.2 Å². The number of piperidine rings is 1. The first kappa shape index (κ1) is 17.5. The fourth-order valence-corrected chi connectivity index (χ4v) is 6.51. The molecular formula is C24H32N2O. The lowest BCUT2D eigenvalue weighted by molar-refractivity contribution is -0.119. The number of hydrogen-bond acceptors (Lipinski definition) is 2. The number of allylic oxidation sites excluding steroid dienone is 2. The van der Waals surface area contributed by atoms with E-state index in [0.29, 0.717) is 5.41 Å². The Balaban J connectivity index is 1.28. The normalized spacial score (nSPS) is 34.0. The maximum Gasteiger partial charge on any atom is 0.217 e. The minimum Gasteiger partial charge on any atom is -0.350 e. The van der Waals surface area contributed by atoms with Crippen LogP contribution in [-0.4, -0.2) is 30.4 Å². The molecule has 2 fully saturated rings. The quantitative estimate of drug-likeness (QED) is 0.815. The number of rotatable bonds is 3. The van der Waals surface area contributed by atoms with Gasteiger partial charge in [-0.1, -0.05) is 36.4 Å². The van der Waals surface area contributed by atoms with E-state index < -0.39 is 0 Å². The van der Waals surface area contributed by atoms with E-state index in [1.54, 1.807) is 6.92 Å². The molecule has 0 radical (unpaired) electrons. The molecule has 3 aliphatic carbocycles. The van der Waals surface area contributed by atoms with Crippen molar-refractivity contribution in [2.75, 3.05) is 19.6 Å². The average molecular weight is 365 g/mol. The molecule has 1 aromatic rings. The van der Waals surface area contributed by atoms with Gasteiger partial charge in [-0.2, -0.15) is 0 Å². The van der Waals surface area contributed by atoms with Crippen LogP contribution in [0.1, 0.15) is 62.6 Å². The highest BCUT2D eigenvalue weighted by Crippen LogP contribution is 2.49. The molecule has 4 aliphatic rings. The third kappa shape index (κ3) is 3.14. The Morgan fingerprint density at radius 1 is 1.15 bits per heavy atom. The van der Waals surface area contributed by atoms with Gasteiger partial charge in [-0.15, -0.1) is 0 Å². The molecule has 1 spiro atoms. The molecule has 3 heteroatoms. The second kappa shape index (κ2) is 6.77. The Morgan fingerprint density at radius 3 is 2.67 bits per heavy atom. The molecule has 144 valence electrons. The molecule has 1 aromatic carbocycles. The largest absolute Gasteiger partial charge is 0.350 e. The summed E-state index contributed by atoms with van der Waals surface area (Å²) in [5.74, 6) is 2.73. The minimum absolute atomic E-state index is 0.0838. The van der Waals surface area contributed by atoms with E-state index >= 15 is 0 Å². The van der Waals surface area contributed by atoms with Gasteiger partial charge in [-0.25, -0.2) is 0 Å². The second-order valence-corrected chi connectivity index (χ2v) is 9.50. The van der Waals surface area contributed by atoms with Gasteiger partial charge in [0.2, 0.25) is 5.91 Å². The van der Waals surface area contributed by atoms with E-state index in [-0.39, 0.29) is 11.9 Å². The monoisotopic (exact) mass is 364 g/mol. The van der Waals surface area contributed by atoms with E-state index in [2.05, 4.69) is 46.6 Å². The van der Waals surface area contributed by atoms with Crippen LogP contribution in [0.25, 0.3) is 0 Å². The average Bonchev–Trinajstić information content (AvgIpc) is 3.29. The van der Waals surface area contributed by atoms with Gasteiger partial charge in [0.15, 0.2) is 0 Å². The molecule has 0 unspecified atom stereocenters. The topological polar surface area (TPSA) is 32.3 Å². The number of likely N-dealkylation sites (tertiary alicyclic amines) is 1. The number of amides is 1. The van der Waals surface area contributed by atoms with Crippen molar-refractivity contribution in [3.63, 3.8) is 0 Å². The van der Waals surface area contributed by atoms with E-state index in [0.717, 1.165) is 24.2 Å². The van der Waals surface area contributed by atoms with E-state index in [1.165, 1.54) is 62.9 Å². The van der Waals surface area contributed by atoms with Gasteiger partial charge in [0.1, 0.15) is 0 Å². The summed E-state index contributed by atoms with van der Waals surface area (Å²) in [7, 11) is 0. The summed E-state index contributed by atoms with van der Waals surface area (Å²) in [6.07, 6.45) is 12.6. The van der Waals surface area contributed by atoms with Gasteiger partial charge >= 0.3 is 0 Å². The van der Waals surface area contributed by atoms with Crippen molar-refractivity contribution in [2.24, 2.45) is 17.8 Å². The predicted octanol–water partition coefficient (Wildman–Crippen LogP) is 4.20. The Kier molecular flexibility index (Phi) is 4.39. The Hall–Kier alpha value is -1.61. The lowest BCUT2D eigenvalue weighted by atomic mass is 9.63. The molecule has 1 saturated carbocycles. The first-order valence-electron chi connectivity index (χ1n) is 10.9. The fourth-order valence-electron chi connectivity index (χ4n) is 6.51. The summed E-state index contributed by atoms with van der Waals surface area (Å²) in [4.78, 5) is 14.4. The van der Waals surface area contributed by atoms with Gasteiger partial charge in [0.05, 0.1) is 6.04 Å².